The Kier molecular flexibility index (Phi) is 6.87. The summed E-state index contributed by atoms with van der Waals surface area (Å²) in [7, 11) is 0. The summed E-state index contributed by atoms with van der Waals surface area (Å²) < 4.78 is 5.82. The van der Waals surface area contributed by atoms with Crippen molar-refractivity contribution >= 4 is 17.6 Å². The summed E-state index contributed by atoms with van der Waals surface area (Å²) in [6, 6.07) is 5.97. The van der Waals surface area contributed by atoms with Crippen LogP contribution in [0.3, 0.4) is 0 Å². The molecule has 0 heterocycles. The summed E-state index contributed by atoms with van der Waals surface area (Å²) in [5.41, 5.74) is 6.14. The van der Waals surface area contributed by atoms with Crippen molar-refractivity contribution < 1.29 is 14.3 Å². The summed E-state index contributed by atoms with van der Waals surface area (Å²) in [6.45, 7) is 1.28. The first kappa shape index (κ1) is 17.3. The molecule has 2 rings (SSSR count). The molecule has 0 unspecified atom stereocenters. The normalized spacial score (nSPS) is 15.1. The molecule has 0 saturated heterocycles. The van der Waals surface area contributed by atoms with Gasteiger partial charge in [-0.2, -0.15) is 0 Å². The first-order valence-electron chi connectivity index (χ1n) is 8.21. The van der Waals surface area contributed by atoms with E-state index in [1.165, 1.54) is 19.3 Å². The maximum absolute atomic E-state index is 12.0. The Bertz CT molecular complexity index is 510. The second kappa shape index (κ2) is 9.15. The van der Waals surface area contributed by atoms with Crippen molar-refractivity contribution in [3.63, 3.8) is 0 Å². The highest BCUT2D eigenvalue weighted by Crippen LogP contribution is 2.20. The fourth-order valence-electron chi connectivity index (χ4n) is 2.71. The average molecular weight is 319 g/mol. The third-order valence-corrected chi connectivity index (χ3v) is 3.93. The molecular weight excluding hydrogens is 294 g/mol. The van der Waals surface area contributed by atoms with Crippen LogP contribution in [0.5, 0.6) is 0 Å². The van der Waals surface area contributed by atoms with Gasteiger partial charge in [-0.25, -0.2) is 4.79 Å². The molecule has 6 nitrogen and oxygen atoms in total. The lowest BCUT2D eigenvalue weighted by Crippen LogP contribution is -2.26. The fourth-order valence-corrected chi connectivity index (χ4v) is 2.71. The van der Waals surface area contributed by atoms with Crippen molar-refractivity contribution in [3.8, 4) is 0 Å². The van der Waals surface area contributed by atoms with E-state index in [4.69, 9.17) is 10.5 Å². The molecule has 3 amide bonds. The lowest BCUT2D eigenvalue weighted by atomic mass is 9.98. The van der Waals surface area contributed by atoms with E-state index in [0.717, 1.165) is 19.3 Å². The van der Waals surface area contributed by atoms with Gasteiger partial charge < -0.3 is 21.1 Å². The highest BCUT2D eigenvalue weighted by molar-refractivity contribution is 5.95. The Morgan fingerprint density at radius 2 is 1.83 bits per heavy atom. The zero-order valence-electron chi connectivity index (χ0n) is 13.3. The minimum absolute atomic E-state index is 0.131. The van der Waals surface area contributed by atoms with Gasteiger partial charge in [0.25, 0.3) is 5.91 Å². The quantitative estimate of drug-likeness (QED) is 0.674. The molecule has 0 aromatic heterocycles. The second-order valence-corrected chi connectivity index (χ2v) is 5.81. The van der Waals surface area contributed by atoms with Crippen LogP contribution in [0.15, 0.2) is 24.3 Å². The molecule has 1 aliphatic rings. The molecule has 1 aromatic rings. The maximum Gasteiger partial charge on any atom is 0.316 e. The van der Waals surface area contributed by atoms with Gasteiger partial charge in [-0.15, -0.1) is 0 Å². The van der Waals surface area contributed by atoms with Crippen molar-refractivity contribution in [2.24, 2.45) is 5.73 Å². The van der Waals surface area contributed by atoms with E-state index in [2.05, 4.69) is 10.6 Å². The molecule has 0 radical (unpaired) electrons. The van der Waals surface area contributed by atoms with Gasteiger partial charge in [0.1, 0.15) is 0 Å². The van der Waals surface area contributed by atoms with E-state index in [9.17, 15) is 9.59 Å². The smallest absolute Gasteiger partial charge is 0.316 e. The second-order valence-electron chi connectivity index (χ2n) is 5.81. The number of primary amides is 1. The van der Waals surface area contributed by atoms with Gasteiger partial charge in [0.15, 0.2) is 0 Å². The van der Waals surface area contributed by atoms with Crippen molar-refractivity contribution in [1.29, 1.82) is 0 Å². The molecule has 6 heteroatoms. The van der Waals surface area contributed by atoms with Gasteiger partial charge in [-0.05, 0) is 43.5 Å². The maximum atomic E-state index is 12.0. The fraction of sp³-hybridized carbons (Fsp3) is 0.529. The zero-order chi connectivity index (χ0) is 16.5. The first-order valence-corrected chi connectivity index (χ1v) is 8.21. The van der Waals surface area contributed by atoms with Crippen LogP contribution in [-0.4, -0.2) is 31.2 Å². The van der Waals surface area contributed by atoms with Gasteiger partial charge >= 0.3 is 6.03 Å². The summed E-state index contributed by atoms with van der Waals surface area (Å²) >= 11 is 0. The van der Waals surface area contributed by atoms with E-state index in [1.807, 2.05) is 0 Å². The molecule has 4 N–H and O–H groups in total. The molecule has 0 atom stereocenters. The predicted octanol–water partition coefficient (Wildman–Crippen LogP) is 2.65. The number of nitrogens with two attached hydrogens (primary N) is 1. The standard InChI is InChI=1S/C17H25N3O3/c18-17(22)20-14-9-7-13(8-10-14)16(21)19-11-4-12-23-15-5-2-1-3-6-15/h7-10,15H,1-6,11-12H2,(H,19,21)(H3,18,20,22). The van der Waals surface area contributed by atoms with Crippen molar-refractivity contribution in [2.45, 2.75) is 44.6 Å². The molecule has 0 aliphatic heterocycles. The van der Waals surface area contributed by atoms with Crippen LogP contribution in [0.4, 0.5) is 10.5 Å². The highest BCUT2D eigenvalue weighted by atomic mass is 16.5. The number of rotatable bonds is 7. The zero-order valence-corrected chi connectivity index (χ0v) is 13.3. The van der Waals surface area contributed by atoms with Gasteiger partial charge in [0.05, 0.1) is 6.10 Å². The highest BCUT2D eigenvalue weighted by Gasteiger charge is 2.13. The van der Waals surface area contributed by atoms with Crippen LogP contribution in [0, 0.1) is 0 Å². The van der Waals surface area contributed by atoms with Crippen LogP contribution in [-0.2, 0) is 4.74 Å². The number of urea groups is 1. The summed E-state index contributed by atoms with van der Waals surface area (Å²) in [6.07, 6.45) is 7.40. The third-order valence-electron chi connectivity index (χ3n) is 3.93. The number of hydrogen-bond donors (Lipinski definition) is 3. The molecule has 126 valence electrons. The van der Waals surface area contributed by atoms with E-state index in [0.29, 0.717) is 30.5 Å². The molecule has 1 aromatic carbocycles. The van der Waals surface area contributed by atoms with E-state index in [-0.39, 0.29) is 5.91 Å². The summed E-state index contributed by atoms with van der Waals surface area (Å²) in [5.74, 6) is -0.131. The number of anilines is 1. The average Bonchev–Trinajstić information content (AvgIpc) is 2.55. The number of benzene rings is 1. The number of hydrogen-bond acceptors (Lipinski definition) is 3. The van der Waals surface area contributed by atoms with E-state index < -0.39 is 6.03 Å². The van der Waals surface area contributed by atoms with Crippen LogP contribution >= 0.6 is 0 Å². The Morgan fingerprint density at radius 3 is 2.48 bits per heavy atom. The summed E-state index contributed by atoms with van der Waals surface area (Å²) in [5, 5.41) is 5.32. The minimum atomic E-state index is -0.625. The Hall–Kier alpha value is -2.08. The van der Waals surface area contributed by atoms with E-state index in [1.54, 1.807) is 24.3 Å². The Labute approximate surface area is 136 Å². The van der Waals surface area contributed by atoms with Crippen LogP contribution in [0.2, 0.25) is 0 Å². The lowest BCUT2D eigenvalue weighted by molar-refractivity contribution is 0.0273. The minimum Gasteiger partial charge on any atom is -0.378 e. The summed E-state index contributed by atoms with van der Waals surface area (Å²) in [4.78, 5) is 22.7. The van der Waals surface area contributed by atoms with Crippen molar-refractivity contribution in [2.75, 3.05) is 18.5 Å². The van der Waals surface area contributed by atoms with Crippen molar-refractivity contribution in [3.05, 3.63) is 29.8 Å². The molecule has 0 bridgehead atoms. The first-order chi connectivity index (χ1) is 11.1. The Balaban J connectivity index is 1.63. The van der Waals surface area contributed by atoms with Gasteiger partial charge in [-0.3, -0.25) is 4.79 Å². The Morgan fingerprint density at radius 1 is 1.13 bits per heavy atom. The number of carbonyl (C=O) groups excluding carboxylic acids is 2. The molecule has 0 spiro atoms. The molecular formula is C17H25N3O3. The number of nitrogens with one attached hydrogen (secondary N) is 2. The molecule has 1 fully saturated rings. The van der Waals surface area contributed by atoms with Gasteiger partial charge in [-0.1, -0.05) is 19.3 Å². The molecule has 1 saturated carbocycles. The predicted molar refractivity (Wildman–Crippen MR) is 89.4 cm³/mol. The SMILES string of the molecule is NC(=O)Nc1ccc(C(=O)NCCCOC2CCCCC2)cc1. The van der Waals surface area contributed by atoms with Crippen molar-refractivity contribution in [1.82, 2.24) is 5.32 Å². The van der Waals surface area contributed by atoms with Crippen LogP contribution in [0.25, 0.3) is 0 Å². The lowest BCUT2D eigenvalue weighted by Gasteiger charge is -2.21. The monoisotopic (exact) mass is 319 g/mol. The topological polar surface area (TPSA) is 93.5 Å². The van der Waals surface area contributed by atoms with E-state index >= 15 is 0 Å². The number of amides is 3. The largest absolute Gasteiger partial charge is 0.378 e. The number of carbonyl (C=O) groups is 2. The third kappa shape index (κ3) is 6.28. The number of ether oxygens (including phenoxy) is 1. The van der Waals surface area contributed by atoms with Crippen LogP contribution in [0.1, 0.15) is 48.9 Å². The molecule has 23 heavy (non-hydrogen) atoms. The van der Waals surface area contributed by atoms with Gasteiger partial charge in [0, 0.05) is 24.4 Å². The molecule has 1 aliphatic carbocycles. The van der Waals surface area contributed by atoms with Gasteiger partial charge in [0.2, 0.25) is 0 Å². The van der Waals surface area contributed by atoms with Crippen LogP contribution < -0.4 is 16.4 Å².